The largest absolute Gasteiger partial charge is 0.462 e. The van der Waals surface area contributed by atoms with E-state index in [9.17, 15) is 14.4 Å². The molecule has 0 aromatic rings. The van der Waals surface area contributed by atoms with Gasteiger partial charge in [0.05, 0.1) is 0 Å². The van der Waals surface area contributed by atoms with Crippen molar-refractivity contribution in [1.29, 1.82) is 0 Å². The van der Waals surface area contributed by atoms with Crippen LogP contribution in [0.4, 0.5) is 0 Å². The number of carbonyl (C=O) groups excluding carboxylic acids is 3. The fourth-order valence-corrected chi connectivity index (χ4v) is 6.47. The van der Waals surface area contributed by atoms with E-state index in [0.717, 1.165) is 83.5 Å². The van der Waals surface area contributed by atoms with E-state index in [0.29, 0.717) is 19.3 Å². The SMILES string of the molecule is CC\C=C/C=C\C=C/C=C\C=C/CCCC(=O)OCC(COC(=O)CCCCCCC\C=C/C=C\C=C/C=C\CCCCC)OC(=O)CCCCC/C=C\C=C/CCCCCCCCC. The van der Waals surface area contributed by atoms with Crippen LogP contribution in [0, 0.1) is 0 Å². The molecule has 0 radical (unpaired) electrons. The van der Waals surface area contributed by atoms with Crippen LogP contribution in [0.25, 0.3) is 0 Å². The van der Waals surface area contributed by atoms with Gasteiger partial charge in [-0.25, -0.2) is 0 Å². The van der Waals surface area contributed by atoms with Gasteiger partial charge in [-0.3, -0.25) is 14.4 Å². The van der Waals surface area contributed by atoms with Gasteiger partial charge in [0.25, 0.3) is 0 Å². The molecule has 0 saturated heterocycles. The van der Waals surface area contributed by atoms with Crippen LogP contribution >= 0.6 is 0 Å². The van der Waals surface area contributed by atoms with E-state index in [4.69, 9.17) is 14.2 Å². The molecular weight excluding hydrogens is 805 g/mol. The van der Waals surface area contributed by atoms with Crippen LogP contribution in [0.2, 0.25) is 0 Å². The van der Waals surface area contributed by atoms with Gasteiger partial charge in [0, 0.05) is 19.3 Å². The second kappa shape index (κ2) is 52.2. The number of ether oxygens (including phenoxy) is 3. The first kappa shape index (κ1) is 60.5. The molecule has 0 heterocycles. The standard InChI is InChI=1S/C59H92O6/c1-4-7-10-13-16-19-22-25-27-29-30-32-34-37-40-43-46-49-52-58(61)64-55-56(54-63-57(60)51-48-45-42-39-36-33-24-21-18-15-12-9-6-3)65-59(62)53-50-47-44-41-38-35-31-28-26-23-20-17-14-11-8-5-2/h9,12,15-16,18-19,21-22,24-25,27-33,35-36,38-39,42,56H,4-8,10-11,13-14,17,20,23,26,34,37,40-41,43-55H2,1-3H3/b12-9-,18-15-,19-16-,24-21-,25-22-,29-27-,31-28-,32-30-,36-33-,38-35-,42-39-. The van der Waals surface area contributed by atoms with Crippen molar-refractivity contribution in [3.8, 4) is 0 Å². The van der Waals surface area contributed by atoms with Crippen molar-refractivity contribution in [2.45, 2.75) is 207 Å². The third-order valence-corrected chi connectivity index (χ3v) is 10.4. The molecule has 1 atom stereocenters. The molecule has 0 aliphatic rings. The lowest BCUT2D eigenvalue weighted by atomic mass is 10.1. The number of hydrogen-bond acceptors (Lipinski definition) is 6. The highest BCUT2D eigenvalue weighted by Gasteiger charge is 2.19. The van der Waals surface area contributed by atoms with E-state index in [-0.39, 0.29) is 44.0 Å². The lowest BCUT2D eigenvalue weighted by Gasteiger charge is -2.18. The highest BCUT2D eigenvalue weighted by atomic mass is 16.6. The van der Waals surface area contributed by atoms with Crippen molar-refractivity contribution in [2.24, 2.45) is 0 Å². The Hall–Kier alpha value is -4.45. The lowest BCUT2D eigenvalue weighted by molar-refractivity contribution is -0.167. The normalized spacial score (nSPS) is 13.2. The van der Waals surface area contributed by atoms with E-state index in [1.165, 1.54) is 64.2 Å². The summed E-state index contributed by atoms with van der Waals surface area (Å²) in [6, 6.07) is 0. The molecule has 0 fully saturated rings. The summed E-state index contributed by atoms with van der Waals surface area (Å²) in [5.74, 6) is -1.06. The van der Waals surface area contributed by atoms with Crippen molar-refractivity contribution in [3.05, 3.63) is 134 Å². The second-order valence-electron chi connectivity index (χ2n) is 16.6. The zero-order chi connectivity index (χ0) is 47.2. The average molecular weight is 897 g/mol. The monoisotopic (exact) mass is 897 g/mol. The Morgan fingerprint density at radius 3 is 1.06 bits per heavy atom. The molecule has 0 amide bonds. The highest BCUT2D eigenvalue weighted by Crippen LogP contribution is 2.12. The molecule has 6 nitrogen and oxygen atoms in total. The Bertz CT molecular complexity index is 1450. The summed E-state index contributed by atoms with van der Waals surface area (Å²) in [4.78, 5) is 37.9. The number of unbranched alkanes of at least 4 members (excludes halogenated alkanes) is 19. The Kier molecular flexibility index (Phi) is 48.6. The zero-order valence-electron chi connectivity index (χ0n) is 41.4. The van der Waals surface area contributed by atoms with Crippen LogP contribution in [-0.4, -0.2) is 37.2 Å². The first-order valence-electron chi connectivity index (χ1n) is 25.8. The molecule has 1 unspecified atom stereocenters. The molecule has 0 spiro atoms. The minimum Gasteiger partial charge on any atom is -0.462 e. The van der Waals surface area contributed by atoms with Crippen molar-refractivity contribution >= 4 is 17.9 Å². The van der Waals surface area contributed by atoms with E-state index in [2.05, 4.69) is 99.8 Å². The summed E-state index contributed by atoms with van der Waals surface area (Å²) in [5, 5.41) is 0. The predicted molar refractivity (Wildman–Crippen MR) is 279 cm³/mol. The maximum absolute atomic E-state index is 12.8. The van der Waals surface area contributed by atoms with Gasteiger partial charge in [-0.2, -0.15) is 0 Å². The molecule has 0 bridgehead atoms. The molecule has 364 valence electrons. The van der Waals surface area contributed by atoms with Gasteiger partial charge in [0.2, 0.25) is 0 Å². The molecule has 0 rings (SSSR count). The zero-order valence-corrected chi connectivity index (χ0v) is 41.4. The summed E-state index contributed by atoms with van der Waals surface area (Å²) < 4.78 is 16.7. The van der Waals surface area contributed by atoms with Gasteiger partial charge in [-0.05, 0) is 83.5 Å². The summed E-state index contributed by atoms with van der Waals surface area (Å²) in [6.07, 6.45) is 72.9. The molecule has 0 N–H and O–H groups in total. The van der Waals surface area contributed by atoms with E-state index >= 15 is 0 Å². The van der Waals surface area contributed by atoms with Crippen LogP contribution in [0.1, 0.15) is 201 Å². The maximum atomic E-state index is 12.8. The Labute approximate surface area is 398 Å². The number of rotatable bonds is 44. The van der Waals surface area contributed by atoms with E-state index < -0.39 is 6.10 Å². The molecule has 0 aromatic carbocycles. The number of hydrogen-bond donors (Lipinski definition) is 0. The third-order valence-electron chi connectivity index (χ3n) is 10.4. The van der Waals surface area contributed by atoms with Gasteiger partial charge in [0.1, 0.15) is 13.2 Å². The maximum Gasteiger partial charge on any atom is 0.306 e. The predicted octanol–water partition coefficient (Wildman–Crippen LogP) is 17.1. The fraction of sp³-hybridized carbons (Fsp3) is 0.576. The topological polar surface area (TPSA) is 78.9 Å². The van der Waals surface area contributed by atoms with Crippen LogP contribution < -0.4 is 0 Å². The van der Waals surface area contributed by atoms with Gasteiger partial charge in [-0.1, -0.05) is 231 Å². The van der Waals surface area contributed by atoms with Gasteiger partial charge in [0.15, 0.2) is 6.10 Å². The van der Waals surface area contributed by atoms with Crippen molar-refractivity contribution in [3.63, 3.8) is 0 Å². The molecule has 0 aliphatic carbocycles. The second-order valence-corrected chi connectivity index (χ2v) is 16.6. The summed E-state index contributed by atoms with van der Waals surface area (Å²) >= 11 is 0. The summed E-state index contributed by atoms with van der Waals surface area (Å²) in [7, 11) is 0. The molecule has 0 aliphatic heterocycles. The minimum absolute atomic E-state index is 0.129. The van der Waals surface area contributed by atoms with Crippen LogP contribution in [0.3, 0.4) is 0 Å². The minimum atomic E-state index is -0.835. The lowest BCUT2D eigenvalue weighted by Crippen LogP contribution is -2.30. The Morgan fingerprint density at radius 2 is 0.615 bits per heavy atom. The first-order chi connectivity index (χ1) is 32.0. The van der Waals surface area contributed by atoms with Crippen LogP contribution in [-0.2, 0) is 28.6 Å². The van der Waals surface area contributed by atoms with Crippen molar-refractivity contribution < 1.29 is 28.6 Å². The van der Waals surface area contributed by atoms with Gasteiger partial charge < -0.3 is 14.2 Å². The quantitative estimate of drug-likeness (QED) is 0.0262. The van der Waals surface area contributed by atoms with Crippen molar-refractivity contribution in [2.75, 3.05) is 13.2 Å². The van der Waals surface area contributed by atoms with Crippen molar-refractivity contribution in [1.82, 2.24) is 0 Å². The third kappa shape index (κ3) is 50.4. The fourth-order valence-electron chi connectivity index (χ4n) is 6.47. The molecular formula is C59H92O6. The van der Waals surface area contributed by atoms with Crippen LogP contribution in [0.15, 0.2) is 134 Å². The van der Waals surface area contributed by atoms with Crippen LogP contribution in [0.5, 0.6) is 0 Å². The number of allylic oxidation sites excluding steroid dienone is 22. The van der Waals surface area contributed by atoms with E-state index in [1.54, 1.807) is 0 Å². The first-order valence-corrected chi connectivity index (χ1v) is 25.8. The number of esters is 3. The molecule has 65 heavy (non-hydrogen) atoms. The Balaban J connectivity index is 4.60. The molecule has 0 aromatic heterocycles. The molecule has 0 saturated carbocycles. The van der Waals surface area contributed by atoms with Gasteiger partial charge in [-0.15, -0.1) is 0 Å². The summed E-state index contributed by atoms with van der Waals surface area (Å²) in [6.45, 7) is 6.32. The highest BCUT2D eigenvalue weighted by molar-refractivity contribution is 5.71. The van der Waals surface area contributed by atoms with Gasteiger partial charge >= 0.3 is 17.9 Å². The Morgan fingerprint density at radius 1 is 0.323 bits per heavy atom. The summed E-state index contributed by atoms with van der Waals surface area (Å²) in [5.41, 5.74) is 0. The molecule has 6 heteroatoms. The van der Waals surface area contributed by atoms with E-state index in [1.807, 2.05) is 54.7 Å². The number of carbonyl (C=O) groups is 3. The smallest absolute Gasteiger partial charge is 0.306 e. The average Bonchev–Trinajstić information content (AvgIpc) is 3.30.